The van der Waals surface area contributed by atoms with E-state index < -0.39 is 0 Å². The van der Waals surface area contributed by atoms with E-state index in [1.54, 1.807) is 36.4 Å². The highest BCUT2D eigenvalue weighted by Gasteiger charge is 2.17. The van der Waals surface area contributed by atoms with Gasteiger partial charge in [0.25, 0.3) is 11.8 Å². The highest BCUT2D eigenvalue weighted by atomic mass is 32.2. The number of nitrogens with one attached hydrogen (secondary N) is 2. The van der Waals surface area contributed by atoms with Crippen LogP contribution in [-0.4, -0.2) is 29.9 Å². The molecule has 1 fully saturated rings. The maximum Gasteiger partial charge on any atom is 0.269 e. The SMILES string of the molecule is CCOc1ccc(C(=O)NNC(=O)c2ccc(C3SCCCS3)cc2)cc1. The summed E-state index contributed by atoms with van der Waals surface area (Å²) in [4.78, 5) is 24.4. The van der Waals surface area contributed by atoms with Crippen molar-refractivity contribution in [1.82, 2.24) is 10.9 Å². The fourth-order valence-electron chi connectivity index (χ4n) is 2.60. The minimum Gasteiger partial charge on any atom is -0.494 e. The summed E-state index contributed by atoms with van der Waals surface area (Å²) in [5, 5.41) is 0. The number of benzene rings is 2. The molecule has 1 aliphatic heterocycles. The molecule has 1 aliphatic rings. The van der Waals surface area contributed by atoms with Gasteiger partial charge in [0.1, 0.15) is 5.75 Å². The van der Waals surface area contributed by atoms with Crippen molar-refractivity contribution in [3.8, 4) is 5.75 Å². The first-order chi connectivity index (χ1) is 13.2. The van der Waals surface area contributed by atoms with Crippen molar-refractivity contribution in [3.63, 3.8) is 0 Å². The molecule has 0 saturated carbocycles. The Labute approximate surface area is 167 Å². The Kier molecular flexibility index (Phi) is 7.06. The first-order valence-corrected chi connectivity index (χ1v) is 10.9. The van der Waals surface area contributed by atoms with E-state index in [9.17, 15) is 9.59 Å². The zero-order valence-corrected chi connectivity index (χ0v) is 16.7. The molecular weight excluding hydrogens is 380 g/mol. The first-order valence-electron chi connectivity index (χ1n) is 8.84. The van der Waals surface area contributed by atoms with Crippen molar-refractivity contribution in [2.75, 3.05) is 18.1 Å². The molecule has 0 radical (unpaired) electrons. The van der Waals surface area contributed by atoms with Crippen LogP contribution in [0.1, 0.15) is 44.2 Å². The lowest BCUT2D eigenvalue weighted by atomic mass is 10.1. The van der Waals surface area contributed by atoms with Gasteiger partial charge in [-0.25, -0.2) is 0 Å². The lowest BCUT2D eigenvalue weighted by Gasteiger charge is -2.21. The number of rotatable bonds is 5. The number of hydrazine groups is 1. The molecule has 3 rings (SSSR count). The average molecular weight is 403 g/mol. The number of ether oxygens (including phenoxy) is 1. The van der Waals surface area contributed by atoms with Gasteiger partial charge in [-0.3, -0.25) is 20.4 Å². The molecule has 1 heterocycles. The summed E-state index contributed by atoms with van der Waals surface area (Å²) in [5.41, 5.74) is 7.07. The molecule has 27 heavy (non-hydrogen) atoms. The topological polar surface area (TPSA) is 67.4 Å². The van der Waals surface area contributed by atoms with Crippen molar-refractivity contribution < 1.29 is 14.3 Å². The van der Waals surface area contributed by atoms with Gasteiger partial charge in [-0.05, 0) is 66.8 Å². The van der Waals surface area contributed by atoms with E-state index >= 15 is 0 Å². The quantitative estimate of drug-likeness (QED) is 0.739. The highest BCUT2D eigenvalue weighted by Crippen LogP contribution is 2.43. The second kappa shape index (κ2) is 9.71. The van der Waals surface area contributed by atoms with Crippen LogP contribution in [0.2, 0.25) is 0 Å². The second-order valence-corrected chi connectivity index (χ2v) is 8.64. The van der Waals surface area contributed by atoms with Gasteiger partial charge in [-0.15, -0.1) is 23.5 Å². The van der Waals surface area contributed by atoms with Gasteiger partial charge < -0.3 is 4.74 Å². The fourth-order valence-corrected chi connectivity index (χ4v) is 5.49. The Morgan fingerprint density at radius 2 is 1.44 bits per heavy atom. The second-order valence-electron chi connectivity index (χ2n) is 5.91. The number of hydrogen-bond donors (Lipinski definition) is 2. The van der Waals surface area contributed by atoms with Gasteiger partial charge in [-0.2, -0.15) is 0 Å². The highest BCUT2D eigenvalue weighted by molar-refractivity contribution is 8.16. The molecule has 7 heteroatoms. The van der Waals surface area contributed by atoms with E-state index in [0.717, 1.165) is 0 Å². The van der Waals surface area contributed by atoms with Crippen LogP contribution >= 0.6 is 23.5 Å². The molecule has 2 aromatic rings. The zero-order valence-electron chi connectivity index (χ0n) is 15.1. The molecule has 2 aromatic carbocycles. The fraction of sp³-hybridized carbons (Fsp3) is 0.300. The van der Waals surface area contributed by atoms with Crippen LogP contribution in [0.4, 0.5) is 0 Å². The summed E-state index contributed by atoms with van der Waals surface area (Å²) >= 11 is 3.89. The van der Waals surface area contributed by atoms with E-state index in [1.807, 2.05) is 42.6 Å². The minimum absolute atomic E-state index is 0.343. The Bertz CT molecular complexity index is 773. The van der Waals surface area contributed by atoms with Gasteiger partial charge in [0.2, 0.25) is 0 Å². The van der Waals surface area contributed by atoms with Gasteiger partial charge in [-0.1, -0.05) is 12.1 Å². The molecule has 5 nitrogen and oxygen atoms in total. The Morgan fingerprint density at radius 3 is 1.96 bits per heavy atom. The van der Waals surface area contributed by atoms with Crippen LogP contribution in [0.5, 0.6) is 5.75 Å². The maximum atomic E-state index is 12.3. The molecule has 0 aliphatic carbocycles. The largest absolute Gasteiger partial charge is 0.494 e. The van der Waals surface area contributed by atoms with Gasteiger partial charge >= 0.3 is 0 Å². The third kappa shape index (κ3) is 5.43. The van der Waals surface area contributed by atoms with E-state index in [2.05, 4.69) is 10.9 Å². The van der Waals surface area contributed by atoms with E-state index in [4.69, 9.17) is 4.74 Å². The lowest BCUT2D eigenvalue weighted by Crippen LogP contribution is -2.41. The molecule has 2 amide bonds. The maximum absolute atomic E-state index is 12.3. The Hall–Kier alpha value is -2.12. The summed E-state index contributed by atoms with van der Waals surface area (Å²) < 4.78 is 5.79. The Balaban J connectivity index is 1.53. The van der Waals surface area contributed by atoms with Crippen molar-refractivity contribution >= 4 is 35.3 Å². The number of carbonyl (C=O) groups excluding carboxylic acids is 2. The van der Waals surface area contributed by atoms with Crippen LogP contribution < -0.4 is 15.6 Å². The predicted octanol–water partition coefficient (Wildman–Crippen LogP) is 4.03. The smallest absolute Gasteiger partial charge is 0.269 e. The van der Waals surface area contributed by atoms with Crippen LogP contribution in [0, 0.1) is 0 Å². The number of thioether (sulfide) groups is 2. The van der Waals surface area contributed by atoms with E-state index in [1.165, 1.54) is 23.5 Å². The summed E-state index contributed by atoms with van der Waals surface area (Å²) in [6.45, 7) is 2.47. The third-order valence-electron chi connectivity index (χ3n) is 3.99. The summed E-state index contributed by atoms with van der Waals surface area (Å²) in [6, 6.07) is 14.3. The van der Waals surface area contributed by atoms with E-state index in [0.29, 0.717) is 28.1 Å². The van der Waals surface area contributed by atoms with Crippen molar-refractivity contribution in [2.45, 2.75) is 17.9 Å². The number of amides is 2. The zero-order chi connectivity index (χ0) is 19.1. The monoisotopic (exact) mass is 402 g/mol. The molecule has 2 N–H and O–H groups in total. The minimum atomic E-state index is -0.377. The molecule has 0 unspecified atom stereocenters. The molecule has 142 valence electrons. The molecule has 0 aromatic heterocycles. The summed E-state index contributed by atoms with van der Waals surface area (Å²) in [7, 11) is 0. The third-order valence-corrected chi connectivity index (χ3v) is 7.00. The standard InChI is InChI=1S/C20H22N2O3S2/c1-2-25-17-10-8-15(9-11-17)19(24)22-21-18(23)14-4-6-16(7-5-14)20-26-12-3-13-27-20/h4-11,20H,2-3,12-13H2,1H3,(H,21,23)(H,22,24). The predicted molar refractivity (Wildman–Crippen MR) is 111 cm³/mol. The number of carbonyl (C=O) groups is 2. The molecule has 0 spiro atoms. The number of hydrogen-bond acceptors (Lipinski definition) is 5. The van der Waals surface area contributed by atoms with Crippen molar-refractivity contribution in [2.24, 2.45) is 0 Å². The van der Waals surface area contributed by atoms with Crippen molar-refractivity contribution in [1.29, 1.82) is 0 Å². The average Bonchev–Trinajstić information content (AvgIpc) is 2.73. The van der Waals surface area contributed by atoms with Gasteiger partial charge in [0, 0.05) is 11.1 Å². The normalized spacial score (nSPS) is 14.4. The molecule has 0 bridgehead atoms. The van der Waals surface area contributed by atoms with Gasteiger partial charge in [0.05, 0.1) is 11.2 Å². The summed E-state index contributed by atoms with van der Waals surface area (Å²) in [6.07, 6.45) is 1.25. The van der Waals surface area contributed by atoms with Crippen LogP contribution in [0.15, 0.2) is 48.5 Å². The molecule has 1 saturated heterocycles. The van der Waals surface area contributed by atoms with Crippen LogP contribution in [0.25, 0.3) is 0 Å². The lowest BCUT2D eigenvalue weighted by molar-refractivity contribution is 0.0846. The molecular formula is C20H22N2O3S2. The van der Waals surface area contributed by atoms with Crippen molar-refractivity contribution in [3.05, 3.63) is 65.2 Å². The van der Waals surface area contributed by atoms with Crippen LogP contribution in [0.3, 0.4) is 0 Å². The van der Waals surface area contributed by atoms with Crippen LogP contribution in [-0.2, 0) is 0 Å². The Morgan fingerprint density at radius 1 is 0.926 bits per heavy atom. The van der Waals surface area contributed by atoms with Gasteiger partial charge in [0.15, 0.2) is 0 Å². The first kappa shape index (κ1) is 19.6. The summed E-state index contributed by atoms with van der Waals surface area (Å²) in [5.74, 6) is 2.34. The van der Waals surface area contributed by atoms with E-state index in [-0.39, 0.29) is 11.8 Å². The molecule has 0 atom stereocenters.